The van der Waals surface area contributed by atoms with Crippen LogP contribution in [0.25, 0.3) is 11.1 Å². The Morgan fingerprint density at radius 2 is 1.78 bits per heavy atom. The highest BCUT2D eigenvalue weighted by Gasteiger charge is 2.14. The first-order chi connectivity index (χ1) is 11.3. The van der Waals surface area contributed by atoms with Crippen LogP contribution >= 0.6 is 0 Å². The van der Waals surface area contributed by atoms with Gasteiger partial charge in [0.15, 0.2) is 0 Å². The van der Waals surface area contributed by atoms with Gasteiger partial charge in [0, 0.05) is 6.42 Å². The zero-order valence-electron chi connectivity index (χ0n) is 12.7. The predicted octanol–water partition coefficient (Wildman–Crippen LogP) is 5.05. The van der Waals surface area contributed by atoms with Gasteiger partial charge in [-0.25, -0.2) is 0 Å². The molecule has 2 aromatic carbocycles. The molecular weight excluding hydrogens is 292 g/mol. The summed E-state index contributed by atoms with van der Waals surface area (Å²) in [7, 11) is 0. The minimum Gasteiger partial charge on any atom is -0.457 e. The van der Waals surface area contributed by atoms with Crippen LogP contribution in [0.5, 0.6) is 17.4 Å². The topological polar surface area (TPSA) is 48.7 Å². The summed E-state index contributed by atoms with van der Waals surface area (Å²) in [4.78, 5) is 11.5. The molecular formula is C19H16O4. The number of para-hydroxylation sites is 1. The second-order valence-corrected chi connectivity index (χ2v) is 4.89. The third-order valence-electron chi connectivity index (χ3n) is 3.25. The molecule has 23 heavy (non-hydrogen) atoms. The molecule has 1 heterocycles. The zero-order chi connectivity index (χ0) is 16.1. The molecule has 3 rings (SSSR count). The number of carbonyl (C=O) groups excluding carboxylic acids is 1. The van der Waals surface area contributed by atoms with E-state index in [-0.39, 0.29) is 18.3 Å². The van der Waals surface area contributed by atoms with Gasteiger partial charge in [0.2, 0.25) is 0 Å². The Balaban J connectivity index is 1.86. The Morgan fingerprint density at radius 3 is 2.57 bits per heavy atom. The van der Waals surface area contributed by atoms with Gasteiger partial charge in [-0.15, -0.1) is 0 Å². The Hall–Kier alpha value is -3.01. The molecule has 0 amide bonds. The van der Waals surface area contributed by atoms with E-state index < -0.39 is 0 Å². The van der Waals surface area contributed by atoms with Crippen LogP contribution in [-0.2, 0) is 4.79 Å². The summed E-state index contributed by atoms with van der Waals surface area (Å²) in [6, 6.07) is 18.8. The smallest absolute Gasteiger partial charge is 0.313 e. The summed E-state index contributed by atoms with van der Waals surface area (Å²) in [5.41, 5.74) is 1.57. The van der Waals surface area contributed by atoms with E-state index >= 15 is 0 Å². The highest BCUT2D eigenvalue weighted by molar-refractivity contribution is 5.76. The normalized spacial score (nSPS) is 10.3. The van der Waals surface area contributed by atoms with Crippen molar-refractivity contribution in [1.29, 1.82) is 0 Å². The maximum Gasteiger partial charge on any atom is 0.313 e. The summed E-state index contributed by atoms with van der Waals surface area (Å²) in [6.07, 6.45) is 1.79. The number of esters is 1. The molecule has 0 saturated heterocycles. The van der Waals surface area contributed by atoms with Gasteiger partial charge >= 0.3 is 5.97 Å². The number of furan rings is 1. The molecule has 116 valence electrons. The Bertz CT molecular complexity index is 790. The summed E-state index contributed by atoms with van der Waals surface area (Å²) in [5, 5.41) is 0. The molecule has 3 aromatic rings. The largest absolute Gasteiger partial charge is 0.457 e. The van der Waals surface area contributed by atoms with Crippen LogP contribution in [0.1, 0.15) is 13.3 Å². The fourth-order valence-corrected chi connectivity index (χ4v) is 2.12. The van der Waals surface area contributed by atoms with Crippen molar-refractivity contribution in [2.24, 2.45) is 0 Å². The van der Waals surface area contributed by atoms with Gasteiger partial charge < -0.3 is 13.9 Å². The summed E-state index contributed by atoms with van der Waals surface area (Å²) >= 11 is 0. The van der Waals surface area contributed by atoms with Crippen molar-refractivity contribution in [2.45, 2.75) is 13.3 Å². The first kappa shape index (κ1) is 14.9. The highest BCUT2D eigenvalue weighted by atomic mass is 16.6. The van der Waals surface area contributed by atoms with Gasteiger partial charge in [-0.05, 0) is 35.9 Å². The third-order valence-corrected chi connectivity index (χ3v) is 3.25. The molecule has 0 radical (unpaired) electrons. The average Bonchev–Trinajstić information content (AvgIpc) is 3.04. The van der Waals surface area contributed by atoms with E-state index in [1.807, 2.05) is 54.6 Å². The zero-order valence-corrected chi connectivity index (χ0v) is 12.7. The molecule has 4 nitrogen and oxygen atoms in total. The van der Waals surface area contributed by atoms with Crippen molar-refractivity contribution in [3.63, 3.8) is 0 Å². The van der Waals surface area contributed by atoms with E-state index in [0.717, 1.165) is 11.3 Å². The van der Waals surface area contributed by atoms with E-state index in [0.29, 0.717) is 11.3 Å². The van der Waals surface area contributed by atoms with Gasteiger partial charge in [0.05, 0.1) is 11.8 Å². The molecule has 0 aliphatic heterocycles. The van der Waals surface area contributed by atoms with Crippen molar-refractivity contribution in [1.82, 2.24) is 0 Å². The molecule has 4 heteroatoms. The SMILES string of the molecule is CCC(=O)Oc1occc1-c1cccc(Oc2ccccc2)c1. The molecule has 0 spiro atoms. The van der Waals surface area contributed by atoms with E-state index in [2.05, 4.69) is 0 Å². The van der Waals surface area contributed by atoms with E-state index in [9.17, 15) is 4.79 Å². The Kier molecular flexibility index (Phi) is 4.43. The number of ether oxygens (including phenoxy) is 2. The number of hydrogen-bond donors (Lipinski definition) is 0. The number of rotatable bonds is 5. The molecule has 0 fully saturated rings. The van der Waals surface area contributed by atoms with E-state index in [1.54, 1.807) is 13.0 Å². The molecule has 0 saturated carbocycles. The first-order valence-electron chi connectivity index (χ1n) is 7.38. The van der Waals surface area contributed by atoms with Crippen molar-refractivity contribution in [3.05, 3.63) is 66.9 Å². The lowest BCUT2D eigenvalue weighted by Gasteiger charge is -2.08. The molecule has 1 aromatic heterocycles. The molecule has 0 bridgehead atoms. The second-order valence-electron chi connectivity index (χ2n) is 4.89. The molecule has 0 aliphatic carbocycles. The maximum atomic E-state index is 11.5. The van der Waals surface area contributed by atoms with Crippen molar-refractivity contribution >= 4 is 5.97 Å². The monoisotopic (exact) mass is 308 g/mol. The fraction of sp³-hybridized carbons (Fsp3) is 0.105. The van der Waals surface area contributed by atoms with Gasteiger partial charge in [0.1, 0.15) is 11.5 Å². The van der Waals surface area contributed by atoms with Gasteiger partial charge in [-0.1, -0.05) is 37.3 Å². The van der Waals surface area contributed by atoms with Crippen LogP contribution < -0.4 is 9.47 Å². The quantitative estimate of drug-likeness (QED) is 0.618. The molecule has 0 N–H and O–H groups in total. The highest BCUT2D eigenvalue weighted by Crippen LogP contribution is 2.34. The lowest BCUT2D eigenvalue weighted by Crippen LogP contribution is -2.05. The third kappa shape index (κ3) is 3.61. The predicted molar refractivity (Wildman–Crippen MR) is 86.6 cm³/mol. The molecule has 0 atom stereocenters. The van der Waals surface area contributed by atoms with Gasteiger partial charge in [-0.3, -0.25) is 4.79 Å². The maximum absolute atomic E-state index is 11.5. The van der Waals surface area contributed by atoms with Crippen molar-refractivity contribution in [3.8, 4) is 28.6 Å². The minimum absolute atomic E-state index is 0.203. The number of carbonyl (C=O) groups is 1. The fourth-order valence-electron chi connectivity index (χ4n) is 2.12. The van der Waals surface area contributed by atoms with Crippen LogP contribution in [0, 0.1) is 0 Å². The van der Waals surface area contributed by atoms with Gasteiger partial charge in [-0.2, -0.15) is 0 Å². The Labute approximate surface area is 134 Å². The lowest BCUT2D eigenvalue weighted by atomic mass is 10.1. The summed E-state index contributed by atoms with van der Waals surface area (Å²) in [6.45, 7) is 1.74. The number of hydrogen-bond acceptors (Lipinski definition) is 4. The van der Waals surface area contributed by atoms with Crippen LogP contribution in [0.3, 0.4) is 0 Å². The summed E-state index contributed by atoms with van der Waals surface area (Å²) < 4.78 is 16.3. The van der Waals surface area contributed by atoms with Crippen molar-refractivity contribution < 1.29 is 18.7 Å². The first-order valence-corrected chi connectivity index (χ1v) is 7.38. The van der Waals surface area contributed by atoms with Crippen LogP contribution in [0.15, 0.2) is 71.3 Å². The van der Waals surface area contributed by atoms with E-state index in [1.165, 1.54) is 6.26 Å². The molecule has 0 unspecified atom stereocenters. The Morgan fingerprint density at radius 1 is 1.00 bits per heavy atom. The molecule has 0 aliphatic rings. The average molecular weight is 308 g/mol. The number of benzene rings is 2. The standard InChI is InChI=1S/C19H16O4/c1-2-18(20)23-19-17(11-12-21-19)14-7-6-10-16(13-14)22-15-8-4-3-5-9-15/h3-13H,2H2,1H3. The van der Waals surface area contributed by atoms with Crippen LogP contribution in [0.4, 0.5) is 0 Å². The van der Waals surface area contributed by atoms with Crippen molar-refractivity contribution in [2.75, 3.05) is 0 Å². The summed E-state index contributed by atoms with van der Waals surface area (Å²) in [5.74, 6) is 1.32. The van der Waals surface area contributed by atoms with Crippen LogP contribution in [-0.4, -0.2) is 5.97 Å². The second kappa shape index (κ2) is 6.83. The lowest BCUT2D eigenvalue weighted by molar-refractivity contribution is -0.135. The van der Waals surface area contributed by atoms with Crippen LogP contribution in [0.2, 0.25) is 0 Å². The minimum atomic E-state index is -0.335. The van der Waals surface area contributed by atoms with Gasteiger partial charge in [0.25, 0.3) is 5.95 Å². The van der Waals surface area contributed by atoms with E-state index in [4.69, 9.17) is 13.9 Å².